The Labute approximate surface area is 139 Å². The minimum atomic E-state index is 0. The molecule has 0 aromatic heterocycles. The second kappa shape index (κ2) is 171. The molecule has 0 N–H and O–H groups in total. The molecular weight excluding hydrogens is 240 g/mol. The van der Waals surface area contributed by atoms with Gasteiger partial charge in [0.2, 0.25) is 0 Å². The van der Waals surface area contributed by atoms with Crippen LogP contribution in [-0.2, 0) is 0 Å². The molecule has 0 saturated heterocycles. The highest BCUT2D eigenvalue weighted by atomic mass is 13.6. The molecule has 0 amide bonds. The van der Waals surface area contributed by atoms with Gasteiger partial charge in [-0.05, 0) is 0 Å². The van der Waals surface area contributed by atoms with Crippen LogP contribution in [0.5, 0.6) is 0 Å². The fourth-order valence-electron chi connectivity index (χ4n) is 0. The van der Waals surface area contributed by atoms with Crippen LogP contribution < -0.4 is 0 Å². The summed E-state index contributed by atoms with van der Waals surface area (Å²) in [5.41, 5.74) is 0. The van der Waals surface area contributed by atoms with Gasteiger partial charge in [0, 0.05) is 0 Å². The van der Waals surface area contributed by atoms with Crippen molar-refractivity contribution in [3.05, 3.63) is 0 Å². The number of rotatable bonds is 2. The van der Waals surface area contributed by atoms with Gasteiger partial charge in [0.05, 0.1) is 0 Å². The van der Waals surface area contributed by atoms with Crippen molar-refractivity contribution in [2.75, 3.05) is 0 Å². The molecule has 0 rings (SSSR count). The lowest BCUT2D eigenvalue weighted by atomic mass is 10.4. The lowest BCUT2D eigenvalue weighted by molar-refractivity contribution is 0.886. The van der Waals surface area contributed by atoms with Crippen LogP contribution in [-0.4, -0.2) is 0 Å². The fourth-order valence-corrected chi connectivity index (χ4v) is 0. The van der Waals surface area contributed by atoms with Crippen molar-refractivity contribution in [2.24, 2.45) is 0 Å². The summed E-state index contributed by atoms with van der Waals surface area (Å²) in [5.74, 6) is 0. The normalized spacial score (nSPS) is 4.80. The smallest absolute Gasteiger partial charge is 0.0564 e. The summed E-state index contributed by atoms with van der Waals surface area (Å²) < 4.78 is 0. The molecule has 0 aromatic rings. The summed E-state index contributed by atoms with van der Waals surface area (Å²) in [7, 11) is 0. The first kappa shape index (κ1) is 72.2. The van der Waals surface area contributed by atoms with Crippen LogP contribution in [0.2, 0.25) is 0 Å². The predicted octanol–water partition coefficient (Wildman–Crippen LogP) is 10.3. The number of unbranched alkanes of at least 4 members (excludes halogenated alkanes) is 2. The molecule has 140 valence electrons. The van der Waals surface area contributed by atoms with Gasteiger partial charge in [0.25, 0.3) is 0 Å². The molecule has 0 radical (unpaired) electrons. The van der Waals surface area contributed by atoms with E-state index in [-0.39, 0.29) is 44.6 Å². The zero-order valence-corrected chi connectivity index (χ0v) is 12.2. The van der Waals surface area contributed by atoms with E-state index in [1.807, 2.05) is 0 Å². The van der Waals surface area contributed by atoms with Gasteiger partial charge < -0.3 is 0 Å². The largest absolute Gasteiger partial charge is 0.0776 e. The van der Waals surface area contributed by atoms with E-state index in [4.69, 9.17) is 0 Å². The molecule has 0 heteroatoms. The Morgan fingerprint density at radius 3 is 0.350 bits per heavy atom. The summed E-state index contributed by atoms with van der Waals surface area (Å²) in [6, 6.07) is 0. The zero-order chi connectivity index (χ0) is 12.2. The second-order valence-corrected chi connectivity index (χ2v) is 3.41. The predicted molar refractivity (Wildman–Crippen MR) is 113 cm³/mol. The third-order valence-electron chi connectivity index (χ3n) is 1.000. The maximum Gasteiger partial charge on any atom is -0.0564 e. The molecule has 0 atom stereocenters. The van der Waals surface area contributed by atoms with E-state index in [1.165, 1.54) is 38.5 Å². The van der Waals surface area contributed by atoms with Gasteiger partial charge in [-0.15, -0.1) is 0 Å². The topological polar surface area (TPSA) is 0 Å². The first-order valence-corrected chi connectivity index (χ1v) is 6.66. The second-order valence-electron chi connectivity index (χ2n) is 3.41. The molecule has 0 aromatic carbocycles. The van der Waals surface area contributed by atoms with Crippen molar-refractivity contribution in [3.8, 4) is 0 Å². The van der Waals surface area contributed by atoms with Crippen molar-refractivity contribution in [3.63, 3.8) is 0 Å². The SMILES string of the molecule is C.C.C.C.C.C.CCC.CCC.CCCC.CCCC. The Balaban J connectivity index is -0.00000000763. The molecule has 0 nitrogen and oxygen atoms in total. The number of hydrogen-bond donors (Lipinski definition) is 0. The summed E-state index contributed by atoms with van der Waals surface area (Å²) >= 11 is 0. The van der Waals surface area contributed by atoms with Crippen LogP contribution in [0.15, 0.2) is 0 Å². The fraction of sp³-hybridized carbons (Fsp3) is 1.00. The molecule has 0 aliphatic heterocycles. The Morgan fingerprint density at radius 1 is 0.300 bits per heavy atom. The van der Waals surface area contributed by atoms with Crippen molar-refractivity contribution < 1.29 is 0 Å². The first-order chi connectivity index (χ1) is 6.66. The molecule has 0 fully saturated rings. The van der Waals surface area contributed by atoms with E-state index < -0.39 is 0 Å². The van der Waals surface area contributed by atoms with Crippen molar-refractivity contribution in [1.29, 1.82) is 0 Å². The van der Waals surface area contributed by atoms with Crippen molar-refractivity contribution in [1.82, 2.24) is 0 Å². The first-order valence-electron chi connectivity index (χ1n) is 6.66. The summed E-state index contributed by atoms with van der Waals surface area (Å²) in [6.45, 7) is 17.2. The number of hydrogen-bond acceptors (Lipinski definition) is 0. The summed E-state index contributed by atoms with van der Waals surface area (Å²) in [4.78, 5) is 0. The Morgan fingerprint density at radius 2 is 0.350 bits per heavy atom. The maximum absolute atomic E-state index is 2.18. The Bertz CT molecular complexity index is 21.0. The van der Waals surface area contributed by atoms with Crippen LogP contribution in [0, 0.1) is 0 Å². The maximum atomic E-state index is 2.18. The molecule has 0 aliphatic carbocycles. The highest BCUT2D eigenvalue weighted by Gasteiger charge is 1.56. The van der Waals surface area contributed by atoms with Crippen LogP contribution in [0.1, 0.15) is 138 Å². The Kier molecular flexibility index (Phi) is 617. The zero-order valence-electron chi connectivity index (χ0n) is 12.2. The Hall–Kier alpha value is 0. The standard InChI is InChI=1S/2C4H10.2C3H8.6CH4/c2*1-3-4-2;2*1-3-2;;;;;;/h2*3-4H2,1-2H3;2*3H2,1-2H3;6*1H4. The highest BCUT2D eigenvalue weighted by Crippen LogP contribution is 1.77. The molecule has 0 aliphatic rings. The quantitative estimate of drug-likeness (QED) is 0.475. The average molecular weight is 301 g/mol. The van der Waals surface area contributed by atoms with E-state index in [1.54, 1.807) is 0 Å². The highest BCUT2D eigenvalue weighted by molar-refractivity contribution is 4.13. The molecule has 0 spiro atoms. The third-order valence-corrected chi connectivity index (χ3v) is 1.000. The minimum Gasteiger partial charge on any atom is -0.0776 e. The monoisotopic (exact) mass is 300 g/mol. The van der Waals surface area contributed by atoms with Crippen LogP contribution in [0.25, 0.3) is 0 Å². The molecule has 0 heterocycles. The van der Waals surface area contributed by atoms with Gasteiger partial charge in [0.15, 0.2) is 0 Å². The van der Waals surface area contributed by atoms with Gasteiger partial charge in [-0.25, -0.2) is 0 Å². The van der Waals surface area contributed by atoms with Gasteiger partial charge in [-0.2, -0.15) is 0 Å². The molecule has 20 heavy (non-hydrogen) atoms. The van der Waals surface area contributed by atoms with E-state index in [0.29, 0.717) is 0 Å². The van der Waals surface area contributed by atoms with Gasteiger partial charge in [0.1, 0.15) is 0 Å². The lowest BCUT2D eigenvalue weighted by Crippen LogP contribution is -1.47. The van der Waals surface area contributed by atoms with E-state index in [9.17, 15) is 0 Å². The van der Waals surface area contributed by atoms with Crippen LogP contribution in [0.4, 0.5) is 0 Å². The van der Waals surface area contributed by atoms with Gasteiger partial charge >= 0.3 is 0 Å². The van der Waals surface area contributed by atoms with Crippen molar-refractivity contribution >= 4 is 0 Å². The van der Waals surface area contributed by atoms with Crippen molar-refractivity contribution in [2.45, 2.75) is 138 Å². The van der Waals surface area contributed by atoms with E-state index in [0.717, 1.165) is 0 Å². The third kappa shape index (κ3) is 1300. The summed E-state index contributed by atoms with van der Waals surface area (Å²) in [5, 5.41) is 0. The van der Waals surface area contributed by atoms with Crippen LogP contribution >= 0.6 is 0 Å². The van der Waals surface area contributed by atoms with Gasteiger partial charge in [-0.1, -0.05) is 138 Å². The molecule has 0 saturated carbocycles. The van der Waals surface area contributed by atoms with Gasteiger partial charge in [-0.3, -0.25) is 0 Å². The lowest BCUT2D eigenvalue weighted by Gasteiger charge is -1.68. The van der Waals surface area contributed by atoms with E-state index in [2.05, 4.69) is 55.4 Å². The summed E-state index contributed by atoms with van der Waals surface area (Å²) in [6.07, 6.45) is 7.78. The van der Waals surface area contributed by atoms with E-state index >= 15 is 0 Å². The average Bonchev–Trinajstić information content (AvgIpc) is 2.20. The molecular formula is C20H60. The molecule has 0 unspecified atom stereocenters. The minimum absolute atomic E-state index is 0. The molecule has 0 bridgehead atoms. The van der Waals surface area contributed by atoms with Crippen LogP contribution in [0.3, 0.4) is 0 Å².